The summed E-state index contributed by atoms with van der Waals surface area (Å²) in [7, 11) is -3.13. The predicted molar refractivity (Wildman–Crippen MR) is 78.7 cm³/mol. The predicted octanol–water partition coefficient (Wildman–Crippen LogP) is 2.54. The minimum atomic E-state index is -3.13. The zero-order valence-electron chi connectivity index (χ0n) is 11.7. The number of rotatable bonds is 6. The normalized spacial score (nSPS) is 12.6. The highest BCUT2D eigenvalue weighted by molar-refractivity contribution is 7.90. The van der Waals surface area contributed by atoms with Crippen LogP contribution in [0.2, 0.25) is 0 Å². The lowest BCUT2D eigenvalue weighted by Gasteiger charge is -2.16. The number of benzene rings is 1. The molecule has 19 heavy (non-hydrogen) atoms. The van der Waals surface area contributed by atoms with E-state index in [0.29, 0.717) is 4.90 Å². The van der Waals surface area contributed by atoms with Gasteiger partial charge in [-0.25, -0.2) is 8.42 Å². The lowest BCUT2D eigenvalue weighted by molar-refractivity contribution is 0.542. The summed E-state index contributed by atoms with van der Waals surface area (Å²) >= 11 is 0. The summed E-state index contributed by atoms with van der Waals surface area (Å²) in [5.74, 6) is 5.96. The maximum atomic E-state index is 11.4. The first kappa shape index (κ1) is 15.7. The second-order valence-corrected chi connectivity index (χ2v) is 6.49. The first-order valence-electron chi connectivity index (χ1n) is 6.42. The van der Waals surface area contributed by atoms with Crippen molar-refractivity contribution in [3.8, 4) is 11.8 Å². The zero-order chi connectivity index (χ0) is 14.3. The molecule has 1 aromatic rings. The molecule has 0 aliphatic carbocycles. The minimum Gasteiger partial charge on any atom is -0.309 e. The molecule has 0 saturated heterocycles. The molecule has 0 saturated carbocycles. The van der Waals surface area contributed by atoms with E-state index >= 15 is 0 Å². The van der Waals surface area contributed by atoms with Gasteiger partial charge in [-0.2, -0.15) is 0 Å². The molecule has 1 aromatic carbocycles. The van der Waals surface area contributed by atoms with Crippen molar-refractivity contribution in [2.45, 2.75) is 37.6 Å². The Morgan fingerprint density at radius 1 is 1.26 bits per heavy atom. The summed E-state index contributed by atoms with van der Waals surface area (Å²) in [6, 6.07) is 7.19. The van der Waals surface area contributed by atoms with Crippen LogP contribution in [0.1, 0.15) is 38.3 Å². The van der Waals surface area contributed by atoms with Crippen LogP contribution in [0.25, 0.3) is 0 Å². The minimum absolute atomic E-state index is 0.154. The Balaban J connectivity index is 2.92. The molecule has 0 aliphatic rings. The van der Waals surface area contributed by atoms with Gasteiger partial charge in [0.1, 0.15) is 0 Å². The first-order valence-corrected chi connectivity index (χ1v) is 8.31. The van der Waals surface area contributed by atoms with Gasteiger partial charge in [-0.3, -0.25) is 0 Å². The fourth-order valence-electron chi connectivity index (χ4n) is 1.78. The van der Waals surface area contributed by atoms with Crippen LogP contribution in [0.15, 0.2) is 29.2 Å². The van der Waals surface area contributed by atoms with E-state index in [9.17, 15) is 8.42 Å². The Bertz CT molecular complexity index is 550. The Kier molecular flexibility index (Phi) is 6.07. The molecule has 1 N–H and O–H groups in total. The summed E-state index contributed by atoms with van der Waals surface area (Å²) in [4.78, 5) is 0.354. The first-order chi connectivity index (χ1) is 8.99. The second kappa shape index (κ2) is 7.32. The van der Waals surface area contributed by atoms with E-state index in [1.54, 1.807) is 12.1 Å². The van der Waals surface area contributed by atoms with E-state index in [2.05, 4.69) is 24.1 Å². The van der Waals surface area contributed by atoms with Crippen molar-refractivity contribution in [1.82, 2.24) is 5.32 Å². The van der Waals surface area contributed by atoms with Crippen LogP contribution in [-0.2, 0) is 9.84 Å². The van der Waals surface area contributed by atoms with Gasteiger partial charge in [-0.15, -0.1) is 11.8 Å². The molecular weight excluding hydrogens is 258 g/mol. The van der Waals surface area contributed by atoms with Gasteiger partial charge in [0, 0.05) is 18.7 Å². The quantitative estimate of drug-likeness (QED) is 0.814. The molecule has 0 bridgehead atoms. The van der Waals surface area contributed by atoms with Gasteiger partial charge in [0.25, 0.3) is 0 Å². The monoisotopic (exact) mass is 279 g/mol. The Hall–Kier alpha value is -1.31. The molecular formula is C15H21NO2S. The maximum Gasteiger partial charge on any atom is 0.175 e. The van der Waals surface area contributed by atoms with Crippen LogP contribution in [0.5, 0.6) is 0 Å². The van der Waals surface area contributed by atoms with Crippen LogP contribution >= 0.6 is 0 Å². The SMILES string of the molecule is CC#CCC(NCCC)c1ccc(S(C)(=O)=O)cc1. The van der Waals surface area contributed by atoms with Gasteiger partial charge in [-0.05, 0) is 37.6 Å². The number of sulfone groups is 1. The maximum absolute atomic E-state index is 11.4. The average Bonchev–Trinajstić information content (AvgIpc) is 2.38. The summed E-state index contributed by atoms with van der Waals surface area (Å²) < 4.78 is 22.8. The van der Waals surface area contributed by atoms with Crippen molar-refractivity contribution in [3.63, 3.8) is 0 Å². The van der Waals surface area contributed by atoms with E-state index in [0.717, 1.165) is 24.9 Å². The third kappa shape index (κ3) is 5.06. The molecule has 1 unspecified atom stereocenters. The molecule has 104 valence electrons. The van der Waals surface area contributed by atoms with Crippen LogP contribution in [0.4, 0.5) is 0 Å². The fraction of sp³-hybridized carbons (Fsp3) is 0.467. The van der Waals surface area contributed by atoms with Crippen molar-refractivity contribution < 1.29 is 8.42 Å². The molecule has 0 spiro atoms. The molecule has 0 amide bonds. The summed E-state index contributed by atoms with van der Waals surface area (Å²) in [5.41, 5.74) is 1.07. The molecule has 3 nitrogen and oxygen atoms in total. The van der Waals surface area contributed by atoms with Gasteiger partial charge in [0.2, 0.25) is 0 Å². The van der Waals surface area contributed by atoms with E-state index in [1.807, 2.05) is 19.1 Å². The summed E-state index contributed by atoms with van der Waals surface area (Å²) in [6.07, 6.45) is 3.00. The third-order valence-electron chi connectivity index (χ3n) is 2.83. The number of nitrogens with one attached hydrogen (secondary N) is 1. The van der Waals surface area contributed by atoms with E-state index in [4.69, 9.17) is 0 Å². The Morgan fingerprint density at radius 2 is 1.89 bits per heavy atom. The Labute approximate surface area is 116 Å². The van der Waals surface area contributed by atoms with E-state index < -0.39 is 9.84 Å². The van der Waals surface area contributed by atoms with Crippen LogP contribution < -0.4 is 5.32 Å². The molecule has 1 atom stereocenters. The smallest absolute Gasteiger partial charge is 0.175 e. The topological polar surface area (TPSA) is 46.2 Å². The summed E-state index contributed by atoms with van der Waals surface area (Å²) in [6.45, 7) is 4.86. The van der Waals surface area contributed by atoms with Crippen LogP contribution in [-0.4, -0.2) is 21.2 Å². The van der Waals surface area contributed by atoms with Crippen molar-refractivity contribution in [2.24, 2.45) is 0 Å². The van der Waals surface area contributed by atoms with Gasteiger partial charge < -0.3 is 5.32 Å². The van der Waals surface area contributed by atoms with Gasteiger partial charge in [-0.1, -0.05) is 19.1 Å². The molecule has 0 heterocycles. The van der Waals surface area contributed by atoms with Gasteiger partial charge in [0.15, 0.2) is 9.84 Å². The number of hydrogen-bond donors (Lipinski definition) is 1. The molecule has 0 fully saturated rings. The van der Waals surface area contributed by atoms with Gasteiger partial charge >= 0.3 is 0 Å². The largest absolute Gasteiger partial charge is 0.309 e. The molecule has 0 radical (unpaired) electrons. The highest BCUT2D eigenvalue weighted by atomic mass is 32.2. The van der Waals surface area contributed by atoms with Crippen LogP contribution in [0, 0.1) is 11.8 Å². The lowest BCUT2D eigenvalue weighted by atomic mass is 10.0. The van der Waals surface area contributed by atoms with E-state index in [1.165, 1.54) is 6.26 Å². The lowest BCUT2D eigenvalue weighted by Crippen LogP contribution is -2.21. The van der Waals surface area contributed by atoms with Crippen molar-refractivity contribution in [3.05, 3.63) is 29.8 Å². The Morgan fingerprint density at radius 3 is 2.37 bits per heavy atom. The van der Waals surface area contributed by atoms with Gasteiger partial charge in [0.05, 0.1) is 4.90 Å². The molecule has 1 rings (SSSR count). The van der Waals surface area contributed by atoms with Crippen molar-refractivity contribution >= 4 is 9.84 Å². The molecule has 0 aromatic heterocycles. The van der Waals surface area contributed by atoms with E-state index in [-0.39, 0.29) is 6.04 Å². The highest BCUT2D eigenvalue weighted by Crippen LogP contribution is 2.19. The van der Waals surface area contributed by atoms with Crippen LogP contribution in [0.3, 0.4) is 0 Å². The zero-order valence-corrected chi connectivity index (χ0v) is 12.5. The standard InChI is InChI=1S/C15H21NO2S/c1-4-6-7-15(16-12-5-2)13-8-10-14(11-9-13)19(3,17)18/h8-11,15-16H,5,7,12H2,1-3H3. The molecule has 4 heteroatoms. The second-order valence-electron chi connectivity index (χ2n) is 4.48. The van der Waals surface area contributed by atoms with Crippen molar-refractivity contribution in [2.75, 3.05) is 12.8 Å². The fourth-order valence-corrected chi connectivity index (χ4v) is 2.41. The third-order valence-corrected chi connectivity index (χ3v) is 3.96. The average molecular weight is 279 g/mol. The highest BCUT2D eigenvalue weighted by Gasteiger charge is 2.11. The molecule has 0 aliphatic heterocycles. The number of hydrogen-bond acceptors (Lipinski definition) is 3. The summed E-state index contributed by atoms with van der Waals surface area (Å²) in [5, 5.41) is 3.43. The van der Waals surface area contributed by atoms with Crippen molar-refractivity contribution in [1.29, 1.82) is 0 Å².